The number of rotatable bonds is 7. The predicted molar refractivity (Wildman–Crippen MR) is 92.8 cm³/mol. The van der Waals surface area contributed by atoms with E-state index in [1.54, 1.807) is 18.2 Å². The lowest BCUT2D eigenvalue weighted by Gasteiger charge is -2.09. The van der Waals surface area contributed by atoms with Crippen LogP contribution in [-0.4, -0.2) is 41.3 Å². The van der Waals surface area contributed by atoms with Crippen molar-refractivity contribution in [3.63, 3.8) is 0 Å². The molecule has 8 heteroatoms. The van der Waals surface area contributed by atoms with Gasteiger partial charge in [-0.3, -0.25) is 9.59 Å². The summed E-state index contributed by atoms with van der Waals surface area (Å²) in [6.07, 6.45) is 0.408. The zero-order valence-corrected chi connectivity index (χ0v) is 14.8. The van der Waals surface area contributed by atoms with E-state index in [4.69, 9.17) is 9.47 Å². The van der Waals surface area contributed by atoms with Gasteiger partial charge in [0.1, 0.15) is 17.2 Å². The van der Waals surface area contributed by atoms with Crippen LogP contribution in [0.2, 0.25) is 0 Å². The fourth-order valence-electron chi connectivity index (χ4n) is 2.22. The van der Waals surface area contributed by atoms with Crippen LogP contribution < -0.4 is 20.3 Å². The van der Waals surface area contributed by atoms with Gasteiger partial charge in [0.2, 0.25) is 5.91 Å². The summed E-state index contributed by atoms with van der Waals surface area (Å²) in [6.45, 7) is 3.75. The second kappa shape index (κ2) is 8.27. The highest BCUT2D eigenvalue weighted by Crippen LogP contribution is 2.27. The molecule has 0 aliphatic heterocycles. The van der Waals surface area contributed by atoms with Crippen LogP contribution in [0.15, 0.2) is 23.0 Å². The molecule has 0 bridgehead atoms. The number of hydrogen-bond donors (Lipinski definition) is 2. The third kappa shape index (κ3) is 5.03. The highest BCUT2D eigenvalue weighted by atomic mass is 16.5. The summed E-state index contributed by atoms with van der Waals surface area (Å²) in [4.78, 5) is 26.6. The minimum Gasteiger partial charge on any atom is -0.497 e. The number of aromatic amines is 1. The molecule has 0 unspecified atom stereocenters. The number of nitrogens with zero attached hydrogens (tertiary/aromatic N) is 2. The molecule has 0 aliphatic rings. The van der Waals surface area contributed by atoms with E-state index >= 15 is 0 Å². The van der Waals surface area contributed by atoms with E-state index in [9.17, 15) is 9.59 Å². The van der Waals surface area contributed by atoms with E-state index < -0.39 is 0 Å². The number of nitrogens with one attached hydrogen (secondary N) is 2. The van der Waals surface area contributed by atoms with Crippen LogP contribution in [0.3, 0.4) is 0 Å². The number of ether oxygens (including phenoxy) is 2. The number of amides is 1. The summed E-state index contributed by atoms with van der Waals surface area (Å²) < 4.78 is 10.4. The summed E-state index contributed by atoms with van der Waals surface area (Å²) in [6, 6.07) is 5.22. The van der Waals surface area contributed by atoms with Gasteiger partial charge in [-0.2, -0.15) is 0 Å². The molecule has 134 valence electrons. The molecule has 2 aromatic rings. The quantitative estimate of drug-likeness (QED) is 0.783. The van der Waals surface area contributed by atoms with Gasteiger partial charge in [0.05, 0.1) is 14.2 Å². The highest BCUT2D eigenvalue weighted by molar-refractivity contribution is 5.76. The number of hydrogen-bond acceptors (Lipinski definition) is 6. The summed E-state index contributed by atoms with van der Waals surface area (Å²) in [7, 11) is 3.08. The van der Waals surface area contributed by atoms with Crippen molar-refractivity contribution < 1.29 is 14.3 Å². The molecule has 0 saturated heterocycles. The lowest BCUT2D eigenvalue weighted by molar-refractivity contribution is -0.121. The number of carbonyl (C=O) groups is 1. The van der Waals surface area contributed by atoms with Crippen molar-refractivity contribution in [2.45, 2.75) is 32.7 Å². The number of aromatic nitrogens is 3. The van der Waals surface area contributed by atoms with Crippen LogP contribution in [0.5, 0.6) is 11.5 Å². The molecule has 2 rings (SSSR count). The van der Waals surface area contributed by atoms with Gasteiger partial charge in [-0.05, 0) is 26.0 Å². The van der Waals surface area contributed by atoms with Crippen LogP contribution in [0.1, 0.15) is 26.0 Å². The van der Waals surface area contributed by atoms with E-state index in [-0.39, 0.29) is 36.0 Å². The van der Waals surface area contributed by atoms with Crippen LogP contribution in [0.25, 0.3) is 11.4 Å². The maximum absolute atomic E-state index is 12.2. The minimum atomic E-state index is -0.371. The third-order valence-electron chi connectivity index (χ3n) is 3.43. The van der Waals surface area contributed by atoms with Crippen LogP contribution in [0, 0.1) is 0 Å². The van der Waals surface area contributed by atoms with E-state index in [1.165, 1.54) is 14.2 Å². The van der Waals surface area contributed by atoms with Crippen LogP contribution in [-0.2, 0) is 11.2 Å². The Bertz CT molecular complexity index is 779. The van der Waals surface area contributed by atoms with Gasteiger partial charge in [0.15, 0.2) is 5.82 Å². The molecule has 0 atom stereocenters. The number of carbonyl (C=O) groups excluding carboxylic acids is 1. The smallest absolute Gasteiger partial charge is 0.273 e. The molecule has 0 radical (unpaired) electrons. The van der Waals surface area contributed by atoms with Crippen LogP contribution >= 0.6 is 0 Å². The van der Waals surface area contributed by atoms with Gasteiger partial charge in [-0.25, -0.2) is 0 Å². The average Bonchev–Trinajstić information content (AvgIpc) is 2.59. The lowest BCUT2D eigenvalue weighted by Crippen LogP contribution is -2.31. The summed E-state index contributed by atoms with van der Waals surface area (Å²) in [5.74, 6) is 1.33. The van der Waals surface area contributed by atoms with Crippen molar-refractivity contribution in [3.05, 3.63) is 34.2 Å². The summed E-state index contributed by atoms with van der Waals surface area (Å²) in [5.41, 5.74) is 0.464. The van der Waals surface area contributed by atoms with Crippen molar-refractivity contribution in [2.24, 2.45) is 0 Å². The SMILES string of the molecule is COc1cc(OC)cc(-c2nnc(CCC(=O)NC(C)C)c(=O)[nH]2)c1. The Hall–Kier alpha value is -2.90. The Morgan fingerprint density at radius 1 is 1.16 bits per heavy atom. The molecule has 0 spiro atoms. The number of aryl methyl sites for hydroxylation is 1. The molecule has 0 saturated carbocycles. The Labute approximate surface area is 145 Å². The van der Waals surface area contributed by atoms with Crippen molar-refractivity contribution >= 4 is 5.91 Å². The Kier molecular flexibility index (Phi) is 6.10. The van der Waals surface area contributed by atoms with Gasteiger partial charge in [0, 0.05) is 30.5 Å². The number of H-pyrrole nitrogens is 1. The first-order chi connectivity index (χ1) is 11.9. The maximum atomic E-state index is 12.2. The van der Waals surface area contributed by atoms with Crippen molar-refractivity contribution in [3.8, 4) is 22.9 Å². The second-order valence-electron chi connectivity index (χ2n) is 5.77. The third-order valence-corrected chi connectivity index (χ3v) is 3.43. The van der Waals surface area contributed by atoms with Gasteiger partial charge in [-0.1, -0.05) is 0 Å². The highest BCUT2D eigenvalue weighted by Gasteiger charge is 2.11. The van der Waals surface area contributed by atoms with Crippen LogP contribution in [0.4, 0.5) is 0 Å². The molecule has 2 N–H and O–H groups in total. The molecular formula is C17H22N4O4. The molecule has 1 aromatic carbocycles. The monoisotopic (exact) mass is 346 g/mol. The lowest BCUT2D eigenvalue weighted by atomic mass is 10.2. The van der Waals surface area contributed by atoms with Crippen molar-refractivity contribution in [1.29, 1.82) is 0 Å². The van der Waals surface area contributed by atoms with Crippen molar-refractivity contribution in [1.82, 2.24) is 20.5 Å². The first-order valence-corrected chi connectivity index (χ1v) is 7.91. The first kappa shape index (κ1) is 18.4. The number of benzene rings is 1. The predicted octanol–water partition coefficient (Wildman–Crippen LogP) is 1.31. The molecule has 1 heterocycles. The second-order valence-corrected chi connectivity index (χ2v) is 5.77. The van der Waals surface area contributed by atoms with Crippen molar-refractivity contribution in [2.75, 3.05) is 14.2 Å². The molecule has 25 heavy (non-hydrogen) atoms. The topological polar surface area (TPSA) is 106 Å². The maximum Gasteiger partial charge on any atom is 0.273 e. The zero-order valence-electron chi connectivity index (χ0n) is 14.8. The molecule has 8 nitrogen and oxygen atoms in total. The molecular weight excluding hydrogens is 324 g/mol. The number of methoxy groups -OCH3 is 2. The Morgan fingerprint density at radius 3 is 2.32 bits per heavy atom. The summed E-state index contributed by atoms with van der Waals surface area (Å²) >= 11 is 0. The average molecular weight is 346 g/mol. The van der Waals surface area contributed by atoms with E-state index in [1.807, 2.05) is 13.8 Å². The standard InChI is InChI=1S/C17H22N4O4/c1-10(2)18-15(22)6-5-14-17(23)19-16(21-20-14)11-7-12(24-3)9-13(8-11)25-4/h7-10H,5-6H2,1-4H3,(H,18,22)(H,19,21,23). The molecule has 1 aromatic heterocycles. The van der Waals surface area contributed by atoms with E-state index in [0.717, 1.165) is 0 Å². The van der Waals surface area contributed by atoms with Gasteiger partial charge < -0.3 is 19.8 Å². The molecule has 1 amide bonds. The van der Waals surface area contributed by atoms with Gasteiger partial charge in [-0.15, -0.1) is 10.2 Å². The van der Waals surface area contributed by atoms with Gasteiger partial charge >= 0.3 is 0 Å². The summed E-state index contributed by atoms with van der Waals surface area (Å²) in [5, 5.41) is 10.8. The normalized spacial score (nSPS) is 10.6. The van der Waals surface area contributed by atoms with Gasteiger partial charge in [0.25, 0.3) is 5.56 Å². The Balaban J connectivity index is 2.19. The van der Waals surface area contributed by atoms with E-state index in [0.29, 0.717) is 22.9 Å². The zero-order chi connectivity index (χ0) is 18.4. The molecule has 0 fully saturated rings. The largest absolute Gasteiger partial charge is 0.497 e. The Morgan fingerprint density at radius 2 is 1.80 bits per heavy atom. The minimum absolute atomic E-state index is 0.0577. The fraction of sp³-hybridized carbons (Fsp3) is 0.412. The first-order valence-electron chi connectivity index (χ1n) is 7.91. The van der Waals surface area contributed by atoms with E-state index in [2.05, 4.69) is 20.5 Å². The fourth-order valence-corrected chi connectivity index (χ4v) is 2.22. The molecule has 0 aliphatic carbocycles.